The average Bonchev–Trinajstić information content (AvgIpc) is 2.46. The highest BCUT2D eigenvalue weighted by Gasteiger charge is 2.24. The van der Waals surface area contributed by atoms with Gasteiger partial charge in [0.15, 0.2) is 0 Å². The highest BCUT2D eigenvalue weighted by atomic mass is 16.6. The number of carbonyl (C=O) groups is 2. The molecule has 0 heterocycles. The van der Waals surface area contributed by atoms with Crippen molar-refractivity contribution in [3.63, 3.8) is 0 Å². The molecular weight excluding hydrogens is 256 g/mol. The second-order valence-electron chi connectivity index (χ2n) is 5.50. The summed E-state index contributed by atoms with van der Waals surface area (Å²) < 4.78 is 10.6. The van der Waals surface area contributed by atoms with Crippen molar-refractivity contribution in [2.24, 2.45) is 5.92 Å². The molecule has 4 heteroatoms. The van der Waals surface area contributed by atoms with E-state index in [1.165, 1.54) is 0 Å². The van der Waals surface area contributed by atoms with Gasteiger partial charge < -0.3 is 9.47 Å². The summed E-state index contributed by atoms with van der Waals surface area (Å²) in [6.07, 6.45) is 3.73. The van der Waals surface area contributed by atoms with Gasteiger partial charge in [0.05, 0.1) is 19.4 Å². The van der Waals surface area contributed by atoms with E-state index in [2.05, 4.69) is 13.8 Å². The Bertz CT molecular complexity index is 291. The summed E-state index contributed by atoms with van der Waals surface area (Å²) >= 11 is 0. The van der Waals surface area contributed by atoms with Gasteiger partial charge in [0.1, 0.15) is 5.60 Å². The summed E-state index contributed by atoms with van der Waals surface area (Å²) in [5.41, 5.74) is -0.420. The molecule has 0 fully saturated rings. The lowest BCUT2D eigenvalue weighted by Gasteiger charge is -2.26. The highest BCUT2D eigenvalue weighted by Crippen LogP contribution is 2.20. The molecule has 0 aromatic carbocycles. The second-order valence-corrected chi connectivity index (χ2v) is 5.50. The van der Waals surface area contributed by atoms with Crippen LogP contribution in [0.5, 0.6) is 0 Å². The Morgan fingerprint density at radius 3 is 1.90 bits per heavy atom. The molecule has 0 radical (unpaired) electrons. The maximum absolute atomic E-state index is 11.7. The van der Waals surface area contributed by atoms with E-state index >= 15 is 0 Å². The fraction of sp³-hybridized carbons (Fsp3) is 0.875. The zero-order valence-electron chi connectivity index (χ0n) is 13.7. The molecule has 0 N–H and O–H groups in total. The monoisotopic (exact) mass is 286 g/mol. The Labute approximate surface area is 123 Å². The fourth-order valence-electron chi connectivity index (χ4n) is 1.73. The van der Waals surface area contributed by atoms with Crippen LogP contribution in [-0.4, -0.2) is 24.1 Å². The quantitative estimate of drug-likeness (QED) is 0.572. The van der Waals surface area contributed by atoms with E-state index in [0.29, 0.717) is 12.5 Å². The third-order valence-corrected chi connectivity index (χ3v) is 4.02. The molecule has 0 aliphatic rings. The number of hydrogen-bond donors (Lipinski definition) is 0. The third kappa shape index (κ3) is 7.51. The SMILES string of the molecule is CCC(CC)COC(=O)CCC(=O)OC(C)(CC)CC. The lowest BCUT2D eigenvalue weighted by atomic mass is 10.0. The molecule has 0 aromatic rings. The van der Waals surface area contributed by atoms with Crippen molar-refractivity contribution in [2.75, 3.05) is 6.61 Å². The summed E-state index contributed by atoms with van der Waals surface area (Å²) in [5, 5.41) is 0. The van der Waals surface area contributed by atoms with Gasteiger partial charge in [-0.15, -0.1) is 0 Å². The topological polar surface area (TPSA) is 52.6 Å². The molecular formula is C16H30O4. The van der Waals surface area contributed by atoms with Crippen LogP contribution in [0.2, 0.25) is 0 Å². The Morgan fingerprint density at radius 2 is 1.45 bits per heavy atom. The molecule has 0 rings (SSSR count). The van der Waals surface area contributed by atoms with Crippen LogP contribution in [-0.2, 0) is 19.1 Å². The molecule has 0 amide bonds. The number of esters is 2. The lowest BCUT2D eigenvalue weighted by molar-refractivity contribution is -0.161. The van der Waals surface area contributed by atoms with Crippen molar-refractivity contribution >= 4 is 11.9 Å². The summed E-state index contributed by atoms with van der Waals surface area (Å²) in [7, 11) is 0. The molecule has 0 aliphatic carbocycles. The zero-order chi connectivity index (χ0) is 15.6. The predicted molar refractivity (Wildman–Crippen MR) is 79.3 cm³/mol. The normalized spacial score (nSPS) is 11.5. The zero-order valence-corrected chi connectivity index (χ0v) is 13.7. The van der Waals surface area contributed by atoms with Crippen LogP contribution in [0.3, 0.4) is 0 Å². The standard InChI is InChI=1S/C16H30O4/c1-6-13(7-2)12-19-14(17)10-11-15(18)20-16(5,8-3)9-4/h13H,6-12H2,1-5H3. The molecule has 0 aromatic heterocycles. The van der Waals surface area contributed by atoms with Gasteiger partial charge in [-0.3, -0.25) is 9.59 Å². The van der Waals surface area contributed by atoms with Gasteiger partial charge in [-0.25, -0.2) is 0 Å². The second kappa shape index (κ2) is 9.78. The van der Waals surface area contributed by atoms with Gasteiger partial charge in [0.2, 0.25) is 0 Å². The van der Waals surface area contributed by atoms with E-state index in [4.69, 9.17) is 9.47 Å². The van der Waals surface area contributed by atoms with E-state index in [9.17, 15) is 9.59 Å². The van der Waals surface area contributed by atoms with Gasteiger partial charge in [0, 0.05) is 0 Å². The summed E-state index contributed by atoms with van der Waals surface area (Å²) in [5.74, 6) is -0.228. The van der Waals surface area contributed by atoms with Crippen molar-refractivity contribution in [3.8, 4) is 0 Å². The summed E-state index contributed by atoms with van der Waals surface area (Å²) in [6, 6.07) is 0. The van der Waals surface area contributed by atoms with Crippen molar-refractivity contribution in [1.29, 1.82) is 0 Å². The number of rotatable bonds is 10. The van der Waals surface area contributed by atoms with E-state index in [1.54, 1.807) is 0 Å². The summed E-state index contributed by atoms with van der Waals surface area (Å²) in [4.78, 5) is 23.3. The molecule has 0 saturated carbocycles. The highest BCUT2D eigenvalue weighted by molar-refractivity contribution is 5.77. The van der Waals surface area contributed by atoms with Crippen LogP contribution in [0.4, 0.5) is 0 Å². The van der Waals surface area contributed by atoms with Gasteiger partial charge in [-0.05, 0) is 25.7 Å². The van der Waals surface area contributed by atoms with Crippen LogP contribution in [0.1, 0.15) is 73.1 Å². The smallest absolute Gasteiger partial charge is 0.306 e. The fourth-order valence-corrected chi connectivity index (χ4v) is 1.73. The summed E-state index contributed by atoms with van der Waals surface area (Å²) in [6.45, 7) is 10.5. The van der Waals surface area contributed by atoms with Gasteiger partial charge in [-0.1, -0.05) is 40.5 Å². The maximum Gasteiger partial charge on any atom is 0.306 e. The van der Waals surface area contributed by atoms with Gasteiger partial charge in [-0.2, -0.15) is 0 Å². The molecule has 0 bridgehead atoms. The number of ether oxygens (including phenoxy) is 2. The van der Waals surface area contributed by atoms with Gasteiger partial charge in [0.25, 0.3) is 0 Å². The molecule has 0 aliphatic heterocycles. The first-order valence-corrected chi connectivity index (χ1v) is 7.78. The maximum atomic E-state index is 11.7. The Morgan fingerprint density at radius 1 is 0.950 bits per heavy atom. The molecule has 0 unspecified atom stereocenters. The minimum Gasteiger partial charge on any atom is -0.465 e. The molecule has 0 spiro atoms. The van der Waals surface area contributed by atoms with Crippen LogP contribution in [0.25, 0.3) is 0 Å². The molecule has 0 saturated heterocycles. The Balaban J connectivity index is 3.98. The largest absolute Gasteiger partial charge is 0.465 e. The van der Waals surface area contributed by atoms with Crippen molar-refractivity contribution in [3.05, 3.63) is 0 Å². The average molecular weight is 286 g/mol. The molecule has 4 nitrogen and oxygen atoms in total. The lowest BCUT2D eigenvalue weighted by Crippen LogP contribution is -2.30. The van der Waals surface area contributed by atoms with Crippen molar-refractivity contribution < 1.29 is 19.1 Å². The number of carbonyl (C=O) groups excluding carboxylic acids is 2. The van der Waals surface area contributed by atoms with Crippen LogP contribution >= 0.6 is 0 Å². The van der Waals surface area contributed by atoms with Crippen molar-refractivity contribution in [1.82, 2.24) is 0 Å². The Hall–Kier alpha value is -1.06. The van der Waals surface area contributed by atoms with E-state index in [0.717, 1.165) is 25.7 Å². The first-order valence-electron chi connectivity index (χ1n) is 7.78. The first-order chi connectivity index (χ1) is 9.40. The molecule has 20 heavy (non-hydrogen) atoms. The van der Waals surface area contributed by atoms with Gasteiger partial charge >= 0.3 is 11.9 Å². The minimum atomic E-state index is -0.420. The minimum absolute atomic E-state index is 0.0946. The van der Waals surface area contributed by atoms with Crippen LogP contribution in [0.15, 0.2) is 0 Å². The third-order valence-electron chi connectivity index (χ3n) is 4.02. The number of hydrogen-bond acceptors (Lipinski definition) is 4. The van der Waals surface area contributed by atoms with Crippen LogP contribution < -0.4 is 0 Å². The predicted octanol–water partition coefficient (Wildman–Crippen LogP) is 3.87. The Kier molecular flexibility index (Phi) is 9.26. The molecule has 0 atom stereocenters. The van der Waals surface area contributed by atoms with Crippen LogP contribution in [0, 0.1) is 5.92 Å². The van der Waals surface area contributed by atoms with E-state index < -0.39 is 5.60 Å². The molecule has 118 valence electrons. The van der Waals surface area contributed by atoms with Crippen molar-refractivity contribution in [2.45, 2.75) is 78.7 Å². The van der Waals surface area contributed by atoms with E-state index in [1.807, 2.05) is 20.8 Å². The van der Waals surface area contributed by atoms with E-state index in [-0.39, 0.29) is 24.8 Å². The first kappa shape index (κ1) is 18.9.